The summed E-state index contributed by atoms with van der Waals surface area (Å²) < 4.78 is 5.43. The molecule has 0 aromatic heterocycles. The number of hydrogen-bond acceptors (Lipinski definition) is 3. The number of fused-ring (bicyclic) bond motifs is 1. The molecule has 0 aromatic carbocycles. The first-order valence-corrected chi connectivity index (χ1v) is 8.44. The topological polar surface area (TPSA) is 66.8 Å². The van der Waals surface area contributed by atoms with Crippen molar-refractivity contribution in [2.45, 2.75) is 58.5 Å². The molecule has 1 saturated heterocycles. The van der Waals surface area contributed by atoms with Crippen LogP contribution in [0.3, 0.4) is 0 Å². The normalized spacial score (nSPS) is 35.1. The summed E-state index contributed by atoms with van der Waals surface area (Å²) in [4.78, 5) is 25.4. The third-order valence-corrected chi connectivity index (χ3v) is 5.94. The van der Waals surface area contributed by atoms with Gasteiger partial charge in [0.05, 0.1) is 5.92 Å². The molecule has 22 heavy (non-hydrogen) atoms. The van der Waals surface area contributed by atoms with Gasteiger partial charge in [0.25, 0.3) is 0 Å². The highest BCUT2D eigenvalue weighted by Crippen LogP contribution is 2.68. The van der Waals surface area contributed by atoms with Crippen molar-refractivity contribution in [2.75, 3.05) is 13.1 Å². The number of piperidine rings is 1. The minimum Gasteiger partial charge on any atom is -0.481 e. The van der Waals surface area contributed by atoms with Crippen molar-refractivity contribution in [1.29, 1.82) is 0 Å². The number of ether oxygens (including phenoxy) is 1. The van der Waals surface area contributed by atoms with Crippen molar-refractivity contribution in [3.63, 3.8) is 0 Å². The van der Waals surface area contributed by atoms with Gasteiger partial charge < -0.3 is 14.7 Å². The Bertz CT molecular complexity index is 472. The van der Waals surface area contributed by atoms with E-state index in [1.54, 1.807) is 4.90 Å². The molecule has 2 bridgehead atoms. The fourth-order valence-corrected chi connectivity index (χ4v) is 5.06. The van der Waals surface area contributed by atoms with Gasteiger partial charge >= 0.3 is 12.1 Å². The van der Waals surface area contributed by atoms with Crippen LogP contribution in [-0.4, -0.2) is 40.8 Å². The monoisotopic (exact) mass is 309 g/mol. The number of aliphatic carboxylic acids is 1. The highest BCUT2D eigenvalue weighted by Gasteiger charge is 2.65. The Morgan fingerprint density at radius 1 is 1.18 bits per heavy atom. The molecule has 1 amide bonds. The van der Waals surface area contributed by atoms with E-state index < -0.39 is 11.6 Å². The molecule has 1 N–H and O–H groups in total. The molecule has 0 radical (unpaired) electrons. The summed E-state index contributed by atoms with van der Waals surface area (Å²) in [6.45, 7) is 7.01. The van der Waals surface area contributed by atoms with Gasteiger partial charge in [-0.1, -0.05) is 0 Å². The summed E-state index contributed by atoms with van der Waals surface area (Å²) >= 11 is 0. The summed E-state index contributed by atoms with van der Waals surface area (Å²) in [6.07, 6.45) is 4.80. The zero-order chi connectivity index (χ0) is 16.1. The van der Waals surface area contributed by atoms with Gasteiger partial charge in [-0.25, -0.2) is 4.79 Å². The molecule has 1 aliphatic heterocycles. The van der Waals surface area contributed by atoms with Gasteiger partial charge in [0.2, 0.25) is 0 Å². The van der Waals surface area contributed by atoms with E-state index in [0.29, 0.717) is 24.9 Å². The number of amides is 1. The number of carbonyl (C=O) groups is 2. The van der Waals surface area contributed by atoms with E-state index in [1.807, 2.05) is 20.8 Å². The van der Waals surface area contributed by atoms with Crippen LogP contribution in [0.2, 0.25) is 0 Å². The number of hydrogen-bond donors (Lipinski definition) is 1. The second kappa shape index (κ2) is 5.14. The number of carboxylic acids is 1. The van der Waals surface area contributed by atoms with Crippen LogP contribution >= 0.6 is 0 Å². The molecule has 0 spiro atoms. The molecule has 4 rings (SSSR count). The third-order valence-electron chi connectivity index (χ3n) is 5.94. The molecule has 5 nitrogen and oxygen atoms in total. The Morgan fingerprint density at radius 3 is 2.32 bits per heavy atom. The molecule has 3 unspecified atom stereocenters. The van der Waals surface area contributed by atoms with Crippen LogP contribution in [0.4, 0.5) is 4.79 Å². The molecule has 3 aliphatic carbocycles. The molecule has 3 saturated carbocycles. The molecule has 4 aliphatic rings. The first-order chi connectivity index (χ1) is 10.2. The molecular weight excluding hydrogens is 282 g/mol. The van der Waals surface area contributed by atoms with Crippen LogP contribution in [0.1, 0.15) is 52.9 Å². The summed E-state index contributed by atoms with van der Waals surface area (Å²) in [7, 11) is 0. The molecule has 1 heterocycles. The zero-order valence-electron chi connectivity index (χ0n) is 13.8. The number of carbonyl (C=O) groups excluding carboxylic acids is 1. The van der Waals surface area contributed by atoms with Gasteiger partial charge in [-0.05, 0) is 70.1 Å². The van der Waals surface area contributed by atoms with E-state index in [0.717, 1.165) is 32.1 Å². The third kappa shape index (κ3) is 2.48. The van der Waals surface area contributed by atoms with E-state index in [4.69, 9.17) is 4.74 Å². The average molecular weight is 309 g/mol. The van der Waals surface area contributed by atoms with E-state index >= 15 is 0 Å². The minimum absolute atomic E-state index is 0.0243. The molecular formula is C17H27NO4. The van der Waals surface area contributed by atoms with Crippen molar-refractivity contribution in [2.24, 2.45) is 23.2 Å². The van der Waals surface area contributed by atoms with Gasteiger partial charge in [-0.2, -0.15) is 0 Å². The van der Waals surface area contributed by atoms with Gasteiger partial charge in [0.1, 0.15) is 5.60 Å². The summed E-state index contributed by atoms with van der Waals surface area (Å²) in [5.41, 5.74) is -0.440. The average Bonchev–Trinajstić information content (AvgIpc) is 2.96. The predicted molar refractivity (Wildman–Crippen MR) is 81.4 cm³/mol. The lowest BCUT2D eigenvalue weighted by molar-refractivity contribution is -0.161. The Hall–Kier alpha value is -1.26. The fraction of sp³-hybridized carbons (Fsp3) is 0.882. The van der Waals surface area contributed by atoms with Gasteiger partial charge in [-0.15, -0.1) is 0 Å². The molecule has 3 atom stereocenters. The Balaban J connectivity index is 1.59. The minimum atomic E-state index is -0.608. The van der Waals surface area contributed by atoms with E-state index in [1.165, 1.54) is 0 Å². The Kier molecular flexibility index (Phi) is 3.65. The largest absolute Gasteiger partial charge is 0.481 e. The molecule has 0 aromatic rings. The Morgan fingerprint density at radius 2 is 1.82 bits per heavy atom. The van der Waals surface area contributed by atoms with Gasteiger partial charge in [-0.3, -0.25) is 4.79 Å². The van der Waals surface area contributed by atoms with Gasteiger partial charge in [0, 0.05) is 13.1 Å². The van der Waals surface area contributed by atoms with Crippen LogP contribution in [0.25, 0.3) is 0 Å². The van der Waals surface area contributed by atoms with Crippen LogP contribution in [0, 0.1) is 23.2 Å². The lowest BCUT2D eigenvalue weighted by atomic mass is 9.53. The first-order valence-electron chi connectivity index (χ1n) is 8.44. The number of likely N-dealkylation sites (tertiary alicyclic amines) is 1. The SMILES string of the molecule is CC(C)(C)OC(=O)N1CCC(C23CCC(C2)C3C(=O)O)CC1. The summed E-state index contributed by atoms with van der Waals surface area (Å²) in [5, 5.41) is 9.49. The van der Waals surface area contributed by atoms with Crippen LogP contribution in [0.5, 0.6) is 0 Å². The van der Waals surface area contributed by atoms with Crippen molar-refractivity contribution in [3.05, 3.63) is 0 Å². The fourth-order valence-electron chi connectivity index (χ4n) is 5.06. The summed E-state index contributed by atoms with van der Waals surface area (Å²) in [6, 6.07) is 0. The van der Waals surface area contributed by atoms with Crippen LogP contribution < -0.4 is 0 Å². The predicted octanol–water partition coefficient (Wildman–Crippen LogP) is 3.13. The van der Waals surface area contributed by atoms with Crippen molar-refractivity contribution in [3.8, 4) is 0 Å². The second-order valence-electron chi connectivity index (χ2n) is 8.29. The van der Waals surface area contributed by atoms with Crippen molar-refractivity contribution < 1.29 is 19.4 Å². The van der Waals surface area contributed by atoms with Crippen LogP contribution in [-0.2, 0) is 9.53 Å². The standard InChI is InChI=1S/C17H27NO4/c1-16(2,3)22-15(21)18-8-5-12(6-9-18)17-7-4-11(10-17)13(17)14(19)20/h11-13H,4-10H2,1-3H3,(H,19,20). The number of carboxylic acid groups (broad SMARTS) is 1. The van der Waals surface area contributed by atoms with E-state index in [-0.39, 0.29) is 17.4 Å². The van der Waals surface area contributed by atoms with Gasteiger partial charge in [0.15, 0.2) is 0 Å². The lowest BCUT2D eigenvalue weighted by Gasteiger charge is -2.52. The number of nitrogens with zero attached hydrogens (tertiary/aromatic N) is 1. The maximum absolute atomic E-state index is 12.1. The quantitative estimate of drug-likeness (QED) is 0.851. The van der Waals surface area contributed by atoms with Crippen LogP contribution in [0.15, 0.2) is 0 Å². The highest BCUT2D eigenvalue weighted by molar-refractivity contribution is 5.74. The lowest BCUT2D eigenvalue weighted by Crippen LogP contribution is -2.53. The zero-order valence-corrected chi connectivity index (χ0v) is 13.8. The molecule has 124 valence electrons. The first kappa shape index (κ1) is 15.6. The van der Waals surface area contributed by atoms with E-state index in [9.17, 15) is 14.7 Å². The van der Waals surface area contributed by atoms with Crippen molar-refractivity contribution in [1.82, 2.24) is 4.90 Å². The maximum Gasteiger partial charge on any atom is 0.410 e. The second-order valence-corrected chi connectivity index (χ2v) is 8.29. The van der Waals surface area contributed by atoms with E-state index in [2.05, 4.69) is 0 Å². The highest BCUT2D eigenvalue weighted by atomic mass is 16.6. The smallest absolute Gasteiger partial charge is 0.410 e. The van der Waals surface area contributed by atoms with Crippen molar-refractivity contribution >= 4 is 12.1 Å². The molecule has 5 heteroatoms. The maximum atomic E-state index is 12.1. The number of rotatable bonds is 2. The molecule has 4 fully saturated rings. The summed E-state index contributed by atoms with van der Waals surface area (Å²) in [5.74, 6) is 0.112. The Labute approximate surface area is 132 Å².